The van der Waals surface area contributed by atoms with Crippen molar-refractivity contribution in [2.75, 3.05) is 6.79 Å². The molecule has 0 aromatic heterocycles. The summed E-state index contributed by atoms with van der Waals surface area (Å²) in [6, 6.07) is 5.59. The summed E-state index contributed by atoms with van der Waals surface area (Å²) >= 11 is 0. The molecule has 0 spiro atoms. The molecule has 1 N–H and O–H groups in total. The van der Waals surface area contributed by atoms with Gasteiger partial charge in [-0.15, -0.1) is 0 Å². The zero-order valence-electron chi connectivity index (χ0n) is 11.4. The molecule has 0 fully saturated rings. The second kappa shape index (κ2) is 5.73. The molecule has 1 amide bonds. The SMILES string of the molecule is C/C(=N\NC(=O)CC(C)C)c1ccc2c(c1)OCO2. The lowest BCUT2D eigenvalue weighted by Gasteiger charge is -2.05. The van der Waals surface area contributed by atoms with Crippen LogP contribution in [0.25, 0.3) is 0 Å². The molecular weight excluding hydrogens is 244 g/mol. The summed E-state index contributed by atoms with van der Waals surface area (Å²) in [4.78, 5) is 11.5. The Labute approximate surface area is 112 Å². The van der Waals surface area contributed by atoms with Crippen molar-refractivity contribution < 1.29 is 14.3 Å². The number of carbonyl (C=O) groups excluding carboxylic acids is 1. The second-order valence-electron chi connectivity index (χ2n) is 4.90. The molecule has 0 bridgehead atoms. The molecule has 0 saturated carbocycles. The topological polar surface area (TPSA) is 59.9 Å². The van der Waals surface area contributed by atoms with E-state index in [1.165, 1.54) is 0 Å². The minimum atomic E-state index is -0.0740. The number of ether oxygens (including phenoxy) is 2. The standard InChI is InChI=1S/C14H18N2O3/c1-9(2)6-14(17)16-15-10(3)11-4-5-12-13(7-11)19-8-18-12/h4-5,7,9H,6,8H2,1-3H3,(H,16,17)/b15-10+. The van der Waals surface area contributed by atoms with Gasteiger partial charge in [-0.2, -0.15) is 5.10 Å². The molecule has 0 aliphatic carbocycles. The fourth-order valence-corrected chi connectivity index (χ4v) is 1.75. The van der Waals surface area contributed by atoms with E-state index in [4.69, 9.17) is 9.47 Å². The molecule has 1 aliphatic heterocycles. The highest BCUT2D eigenvalue weighted by molar-refractivity contribution is 5.99. The van der Waals surface area contributed by atoms with E-state index < -0.39 is 0 Å². The Bertz CT molecular complexity index is 509. The van der Waals surface area contributed by atoms with E-state index in [1.807, 2.05) is 39.0 Å². The van der Waals surface area contributed by atoms with Crippen molar-refractivity contribution in [3.63, 3.8) is 0 Å². The van der Waals surface area contributed by atoms with Crippen molar-refractivity contribution in [2.45, 2.75) is 27.2 Å². The predicted molar refractivity (Wildman–Crippen MR) is 72.4 cm³/mol. The molecular formula is C14H18N2O3. The molecule has 19 heavy (non-hydrogen) atoms. The van der Waals surface area contributed by atoms with Crippen LogP contribution in [0.2, 0.25) is 0 Å². The Balaban J connectivity index is 2.03. The third-order valence-electron chi connectivity index (χ3n) is 2.73. The number of hydrogen-bond acceptors (Lipinski definition) is 4. The number of nitrogens with zero attached hydrogens (tertiary/aromatic N) is 1. The average Bonchev–Trinajstić information content (AvgIpc) is 2.82. The number of rotatable bonds is 4. The van der Waals surface area contributed by atoms with Gasteiger partial charge in [-0.3, -0.25) is 4.79 Å². The minimum absolute atomic E-state index is 0.0740. The van der Waals surface area contributed by atoms with Crippen LogP contribution < -0.4 is 14.9 Å². The molecule has 0 radical (unpaired) electrons. The summed E-state index contributed by atoms with van der Waals surface area (Å²) in [5.74, 6) is 1.69. The molecule has 5 heteroatoms. The van der Waals surface area contributed by atoms with Crippen molar-refractivity contribution in [2.24, 2.45) is 11.0 Å². The van der Waals surface area contributed by atoms with Gasteiger partial charge in [0.1, 0.15) is 0 Å². The van der Waals surface area contributed by atoms with Gasteiger partial charge in [-0.25, -0.2) is 5.43 Å². The molecule has 1 aliphatic rings. The largest absolute Gasteiger partial charge is 0.454 e. The number of hydrazone groups is 1. The van der Waals surface area contributed by atoms with Crippen molar-refractivity contribution in [1.29, 1.82) is 0 Å². The average molecular weight is 262 g/mol. The number of hydrogen-bond donors (Lipinski definition) is 1. The minimum Gasteiger partial charge on any atom is -0.454 e. The van der Waals surface area contributed by atoms with E-state index in [1.54, 1.807) is 0 Å². The van der Waals surface area contributed by atoms with Gasteiger partial charge in [0.15, 0.2) is 11.5 Å². The van der Waals surface area contributed by atoms with E-state index in [2.05, 4.69) is 10.5 Å². The summed E-state index contributed by atoms with van der Waals surface area (Å²) in [6.45, 7) is 6.08. The number of benzene rings is 1. The van der Waals surface area contributed by atoms with E-state index in [0.29, 0.717) is 18.1 Å². The first-order valence-corrected chi connectivity index (χ1v) is 6.29. The van der Waals surface area contributed by atoms with Gasteiger partial charge in [0.05, 0.1) is 5.71 Å². The Hall–Kier alpha value is -2.04. The van der Waals surface area contributed by atoms with Gasteiger partial charge < -0.3 is 9.47 Å². The van der Waals surface area contributed by atoms with E-state index >= 15 is 0 Å². The zero-order valence-corrected chi connectivity index (χ0v) is 11.4. The normalized spacial score (nSPS) is 13.8. The second-order valence-corrected chi connectivity index (χ2v) is 4.90. The fourth-order valence-electron chi connectivity index (χ4n) is 1.75. The summed E-state index contributed by atoms with van der Waals surface area (Å²) in [7, 11) is 0. The Morgan fingerprint density at radius 3 is 2.84 bits per heavy atom. The van der Waals surface area contributed by atoms with Crippen LogP contribution in [0.1, 0.15) is 32.8 Å². The molecule has 1 heterocycles. The number of nitrogens with one attached hydrogen (secondary N) is 1. The summed E-state index contributed by atoms with van der Waals surface area (Å²) in [6.07, 6.45) is 0.470. The van der Waals surface area contributed by atoms with Crippen LogP contribution in [0, 0.1) is 5.92 Å². The smallest absolute Gasteiger partial charge is 0.240 e. The monoisotopic (exact) mass is 262 g/mol. The lowest BCUT2D eigenvalue weighted by atomic mass is 10.1. The molecule has 0 saturated heterocycles. The molecule has 2 rings (SSSR count). The maximum absolute atomic E-state index is 11.5. The molecule has 1 aromatic rings. The highest BCUT2D eigenvalue weighted by atomic mass is 16.7. The number of amides is 1. The van der Waals surface area contributed by atoms with Crippen LogP contribution in [-0.2, 0) is 4.79 Å². The first kappa shape index (κ1) is 13.4. The molecule has 5 nitrogen and oxygen atoms in total. The van der Waals surface area contributed by atoms with Crippen LogP contribution in [-0.4, -0.2) is 18.4 Å². The summed E-state index contributed by atoms with van der Waals surface area (Å²) in [5.41, 5.74) is 4.19. The van der Waals surface area contributed by atoms with Gasteiger partial charge in [0, 0.05) is 12.0 Å². The van der Waals surface area contributed by atoms with E-state index in [9.17, 15) is 4.79 Å². The van der Waals surface area contributed by atoms with Gasteiger partial charge in [0.25, 0.3) is 0 Å². The number of carbonyl (C=O) groups is 1. The lowest BCUT2D eigenvalue weighted by molar-refractivity contribution is -0.121. The molecule has 0 atom stereocenters. The van der Waals surface area contributed by atoms with Gasteiger partial charge in [-0.1, -0.05) is 13.8 Å². The van der Waals surface area contributed by atoms with Gasteiger partial charge in [0.2, 0.25) is 12.7 Å². The van der Waals surface area contributed by atoms with Crippen LogP contribution in [0.3, 0.4) is 0 Å². The van der Waals surface area contributed by atoms with Gasteiger partial charge >= 0.3 is 0 Å². The Morgan fingerprint density at radius 2 is 2.11 bits per heavy atom. The first-order chi connectivity index (χ1) is 9.06. The van der Waals surface area contributed by atoms with Crippen molar-refractivity contribution in [3.05, 3.63) is 23.8 Å². The van der Waals surface area contributed by atoms with E-state index in [-0.39, 0.29) is 12.7 Å². The van der Waals surface area contributed by atoms with Crippen molar-refractivity contribution in [1.82, 2.24) is 5.43 Å². The fraction of sp³-hybridized carbons (Fsp3) is 0.429. The van der Waals surface area contributed by atoms with Crippen LogP contribution in [0.4, 0.5) is 0 Å². The van der Waals surface area contributed by atoms with Crippen LogP contribution in [0.15, 0.2) is 23.3 Å². The van der Waals surface area contributed by atoms with Crippen molar-refractivity contribution >= 4 is 11.6 Å². The van der Waals surface area contributed by atoms with Crippen molar-refractivity contribution in [3.8, 4) is 11.5 Å². The summed E-state index contributed by atoms with van der Waals surface area (Å²) in [5, 5.41) is 4.09. The maximum atomic E-state index is 11.5. The predicted octanol–water partition coefficient (Wildman–Crippen LogP) is 2.30. The highest BCUT2D eigenvalue weighted by Crippen LogP contribution is 2.32. The third kappa shape index (κ3) is 3.47. The quantitative estimate of drug-likeness (QED) is 0.669. The summed E-state index contributed by atoms with van der Waals surface area (Å²) < 4.78 is 10.5. The maximum Gasteiger partial charge on any atom is 0.240 e. The zero-order chi connectivity index (χ0) is 13.8. The highest BCUT2D eigenvalue weighted by Gasteiger charge is 2.14. The van der Waals surface area contributed by atoms with E-state index in [0.717, 1.165) is 17.0 Å². The first-order valence-electron chi connectivity index (χ1n) is 6.29. The third-order valence-corrected chi connectivity index (χ3v) is 2.73. The van der Waals surface area contributed by atoms with Crippen LogP contribution in [0.5, 0.6) is 11.5 Å². The molecule has 102 valence electrons. The Morgan fingerprint density at radius 1 is 1.37 bits per heavy atom. The molecule has 1 aromatic carbocycles. The lowest BCUT2D eigenvalue weighted by Crippen LogP contribution is -2.20. The Kier molecular flexibility index (Phi) is 4.04. The van der Waals surface area contributed by atoms with Crippen LogP contribution >= 0.6 is 0 Å². The molecule has 0 unspecified atom stereocenters. The number of fused-ring (bicyclic) bond motifs is 1. The van der Waals surface area contributed by atoms with Gasteiger partial charge in [-0.05, 0) is 31.0 Å².